The molecular weight excluding hydrogens is 322 g/mol. The standard InChI is InChI=1S/C19H25NO3S/c21-24(22)13-10-20-9-1-2-18(19(20)14-24)17-5-3-15(4-6-17)16-7-11-23-12-8-16/h3-6,14,16,18H,1-2,7-13H2. The number of sulfone groups is 1. The van der Waals surface area contributed by atoms with Crippen LogP contribution < -0.4 is 0 Å². The van der Waals surface area contributed by atoms with E-state index in [-0.39, 0.29) is 11.7 Å². The first-order valence-electron chi connectivity index (χ1n) is 8.99. The summed E-state index contributed by atoms with van der Waals surface area (Å²) in [7, 11) is -3.04. The van der Waals surface area contributed by atoms with Gasteiger partial charge in [0.1, 0.15) is 0 Å². The van der Waals surface area contributed by atoms with Crippen molar-refractivity contribution in [1.29, 1.82) is 0 Å². The van der Waals surface area contributed by atoms with Gasteiger partial charge in [0.2, 0.25) is 0 Å². The van der Waals surface area contributed by atoms with Gasteiger partial charge in [0.15, 0.2) is 9.84 Å². The first kappa shape index (κ1) is 16.2. The molecule has 0 amide bonds. The fourth-order valence-electron chi connectivity index (χ4n) is 4.23. The Balaban J connectivity index is 1.59. The molecule has 3 heterocycles. The summed E-state index contributed by atoms with van der Waals surface area (Å²) in [4.78, 5) is 2.27. The Morgan fingerprint density at radius 1 is 0.958 bits per heavy atom. The topological polar surface area (TPSA) is 46.6 Å². The number of piperidine rings is 1. The molecule has 0 aliphatic carbocycles. The molecular formula is C19H25NO3S. The molecule has 130 valence electrons. The summed E-state index contributed by atoms with van der Waals surface area (Å²) >= 11 is 0. The van der Waals surface area contributed by atoms with Crippen molar-refractivity contribution >= 4 is 9.84 Å². The van der Waals surface area contributed by atoms with Crippen LogP contribution in [0.4, 0.5) is 0 Å². The van der Waals surface area contributed by atoms with Crippen LogP contribution in [0.1, 0.15) is 48.6 Å². The van der Waals surface area contributed by atoms with Crippen molar-refractivity contribution in [3.05, 3.63) is 46.5 Å². The van der Waals surface area contributed by atoms with Gasteiger partial charge in [-0.2, -0.15) is 0 Å². The Hall–Kier alpha value is -1.33. The van der Waals surface area contributed by atoms with Gasteiger partial charge in [0, 0.05) is 37.9 Å². The molecule has 4 rings (SSSR count). The number of benzene rings is 1. The first-order chi connectivity index (χ1) is 11.6. The summed E-state index contributed by atoms with van der Waals surface area (Å²) in [6.07, 6.45) is 4.36. The van der Waals surface area contributed by atoms with Crippen LogP contribution >= 0.6 is 0 Å². The van der Waals surface area contributed by atoms with Crippen molar-refractivity contribution < 1.29 is 13.2 Å². The largest absolute Gasteiger partial charge is 0.381 e. The molecule has 0 saturated carbocycles. The van der Waals surface area contributed by atoms with Gasteiger partial charge in [0.25, 0.3) is 0 Å². The molecule has 4 nitrogen and oxygen atoms in total. The monoisotopic (exact) mass is 347 g/mol. The lowest BCUT2D eigenvalue weighted by Gasteiger charge is -2.39. The number of hydrogen-bond acceptors (Lipinski definition) is 4. The highest BCUT2D eigenvalue weighted by Crippen LogP contribution is 2.38. The lowest BCUT2D eigenvalue weighted by Crippen LogP contribution is -2.39. The van der Waals surface area contributed by atoms with E-state index in [1.54, 1.807) is 0 Å². The molecule has 1 aromatic rings. The van der Waals surface area contributed by atoms with Crippen LogP contribution in [0.2, 0.25) is 0 Å². The van der Waals surface area contributed by atoms with Gasteiger partial charge in [-0.3, -0.25) is 0 Å². The van der Waals surface area contributed by atoms with E-state index in [1.165, 1.54) is 16.5 Å². The van der Waals surface area contributed by atoms with Crippen molar-refractivity contribution in [2.75, 3.05) is 32.1 Å². The number of fused-ring (bicyclic) bond motifs is 1. The van der Waals surface area contributed by atoms with Gasteiger partial charge in [-0.15, -0.1) is 0 Å². The minimum absolute atomic E-state index is 0.220. The normalized spacial score (nSPS) is 27.4. The highest BCUT2D eigenvalue weighted by atomic mass is 32.2. The molecule has 3 aliphatic rings. The van der Waals surface area contributed by atoms with E-state index in [0.717, 1.165) is 51.1 Å². The summed E-state index contributed by atoms with van der Waals surface area (Å²) in [5, 5.41) is 1.53. The van der Waals surface area contributed by atoms with Crippen LogP contribution in [0, 0.1) is 0 Å². The fourth-order valence-corrected chi connectivity index (χ4v) is 5.50. The second-order valence-electron chi connectivity index (χ2n) is 7.14. The van der Waals surface area contributed by atoms with Crippen molar-refractivity contribution in [3.8, 4) is 0 Å². The van der Waals surface area contributed by atoms with E-state index in [1.807, 2.05) is 0 Å². The average Bonchev–Trinajstić information content (AvgIpc) is 2.61. The fraction of sp³-hybridized carbons (Fsp3) is 0.579. The van der Waals surface area contributed by atoms with E-state index in [4.69, 9.17) is 4.74 Å². The minimum Gasteiger partial charge on any atom is -0.381 e. The predicted octanol–water partition coefficient (Wildman–Crippen LogP) is 3.03. The average molecular weight is 347 g/mol. The first-order valence-corrected chi connectivity index (χ1v) is 10.7. The third kappa shape index (κ3) is 3.24. The highest BCUT2D eigenvalue weighted by molar-refractivity contribution is 7.94. The molecule has 2 saturated heterocycles. The Morgan fingerprint density at radius 2 is 1.67 bits per heavy atom. The molecule has 0 radical (unpaired) electrons. The minimum atomic E-state index is -3.04. The number of nitrogens with zero attached hydrogens (tertiary/aromatic N) is 1. The summed E-state index contributed by atoms with van der Waals surface area (Å²) in [6, 6.07) is 8.90. The number of allylic oxidation sites excluding steroid dienone is 1. The lowest BCUT2D eigenvalue weighted by atomic mass is 9.85. The third-order valence-electron chi connectivity index (χ3n) is 5.62. The number of ether oxygens (including phenoxy) is 1. The van der Waals surface area contributed by atoms with Crippen molar-refractivity contribution in [3.63, 3.8) is 0 Å². The second-order valence-corrected chi connectivity index (χ2v) is 9.11. The van der Waals surface area contributed by atoms with Crippen LogP contribution in [0.25, 0.3) is 0 Å². The smallest absolute Gasteiger partial charge is 0.175 e. The molecule has 24 heavy (non-hydrogen) atoms. The molecule has 2 fully saturated rings. The third-order valence-corrected chi connectivity index (χ3v) is 6.97. The van der Waals surface area contributed by atoms with E-state index < -0.39 is 9.84 Å². The molecule has 1 atom stereocenters. The highest BCUT2D eigenvalue weighted by Gasteiger charge is 2.31. The van der Waals surface area contributed by atoms with Crippen molar-refractivity contribution in [2.45, 2.75) is 37.5 Å². The molecule has 0 bridgehead atoms. The summed E-state index contributed by atoms with van der Waals surface area (Å²) in [5.74, 6) is 1.08. The van der Waals surface area contributed by atoms with E-state index in [2.05, 4.69) is 29.2 Å². The quantitative estimate of drug-likeness (QED) is 0.825. The molecule has 0 N–H and O–H groups in total. The Bertz CT molecular complexity index is 717. The zero-order valence-corrected chi connectivity index (χ0v) is 14.8. The molecule has 0 spiro atoms. The molecule has 3 aliphatic heterocycles. The van der Waals surface area contributed by atoms with E-state index in [9.17, 15) is 8.42 Å². The Labute approximate surface area is 144 Å². The molecule has 1 unspecified atom stereocenters. The van der Waals surface area contributed by atoms with Crippen LogP contribution in [0.15, 0.2) is 35.4 Å². The van der Waals surface area contributed by atoms with Gasteiger partial charge in [0.05, 0.1) is 11.2 Å². The maximum Gasteiger partial charge on any atom is 0.175 e. The zero-order valence-electron chi connectivity index (χ0n) is 14.0. The van der Waals surface area contributed by atoms with Gasteiger partial charge in [-0.25, -0.2) is 8.42 Å². The van der Waals surface area contributed by atoms with Crippen molar-refractivity contribution in [1.82, 2.24) is 4.90 Å². The summed E-state index contributed by atoms with van der Waals surface area (Å²) < 4.78 is 29.5. The Morgan fingerprint density at radius 3 is 2.42 bits per heavy atom. The van der Waals surface area contributed by atoms with Crippen molar-refractivity contribution in [2.24, 2.45) is 0 Å². The predicted molar refractivity (Wildman–Crippen MR) is 94.7 cm³/mol. The number of hydrogen-bond donors (Lipinski definition) is 0. The number of rotatable bonds is 2. The SMILES string of the molecule is O=S1(=O)C=C2C(c3ccc(C4CCOCC4)cc3)CCCN2CC1. The Kier molecular flexibility index (Phi) is 4.39. The summed E-state index contributed by atoms with van der Waals surface area (Å²) in [5.41, 5.74) is 3.64. The van der Waals surface area contributed by atoms with Crippen LogP contribution in [-0.2, 0) is 14.6 Å². The van der Waals surface area contributed by atoms with Gasteiger partial charge >= 0.3 is 0 Å². The summed E-state index contributed by atoms with van der Waals surface area (Å²) in [6.45, 7) is 3.34. The van der Waals surface area contributed by atoms with Crippen LogP contribution in [0.3, 0.4) is 0 Å². The van der Waals surface area contributed by atoms with E-state index in [0.29, 0.717) is 12.5 Å². The van der Waals surface area contributed by atoms with E-state index >= 15 is 0 Å². The van der Waals surface area contributed by atoms with Crippen LogP contribution in [0.5, 0.6) is 0 Å². The van der Waals surface area contributed by atoms with Gasteiger partial charge in [-0.1, -0.05) is 24.3 Å². The van der Waals surface area contributed by atoms with Crippen LogP contribution in [-0.4, -0.2) is 45.4 Å². The molecule has 5 heteroatoms. The zero-order chi connectivity index (χ0) is 16.6. The van der Waals surface area contributed by atoms with Gasteiger partial charge < -0.3 is 9.64 Å². The maximum atomic E-state index is 12.0. The lowest BCUT2D eigenvalue weighted by molar-refractivity contribution is 0.0853. The maximum absolute atomic E-state index is 12.0. The molecule has 0 aromatic heterocycles. The van der Waals surface area contributed by atoms with Gasteiger partial charge in [-0.05, 0) is 42.7 Å². The second kappa shape index (κ2) is 6.52. The molecule has 1 aromatic carbocycles.